The van der Waals surface area contributed by atoms with E-state index in [0.717, 1.165) is 31.4 Å². The molecule has 1 saturated heterocycles. The molecule has 1 aliphatic heterocycles. The summed E-state index contributed by atoms with van der Waals surface area (Å²) >= 11 is 0. The van der Waals surface area contributed by atoms with Crippen molar-refractivity contribution in [2.75, 3.05) is 13.2 Å². The van der Waals surface area contributed by atoms with Crippen molar-refractivity contribution in [3.8, 4) is 0 Å². The zero-order valence-electron chi connectivity index (χ0n) is 11.2. The van der Waals surface area contributed by atoms with E-state index in [1.54, 1.807) is 0 Å². The van der Waals surface area contributed by atoms with Crippen molar-refractivity contribution < 1.29 is 9.15 Å². The summed E-state index contributed by atoms with van der Waals surface area (Å²) in [7, 11) is 0. The van der Waals surface area contributed by atoms with E-state index in [1.165, 1.54) is 31.4 Å². The monoisotopic (exact) mass is 249 g/mol. The van der Waals surface area contributed by atoms with E-state index in [9.17, 15) is 0 Å². The number of hydrogen-bond acceptors (Lipinski definition) is 3. The van der Waals surface area contributed by atoms with Crippen molar-refractivity contribution in [3.05, 3.63) is 23.7 Å². The fourth-order valence-corrected chi connectivity index (χ4v) is 2.73. The summed E-state index contributed by atoms with van der Waals surface area (Å²) in [5.41, 5.74) is 0. The smallest absolute Gasteiger partial charge is 0.117 e. The first-order valence-corrected chi connectivity index (χ1v) is 7.24. The molecule has 1 aliphatic carbocycles. The van der Waals surface area contributed by atoms with Gasteiger partial charge in [-0.05, 0) is 43.7 Å². The van der Waals surface area contributed by atoms with Crippen LogP contribution >= 0.6 is 0 Å². The Labute approximate surface area is 109 Å². The zero-order chi connectivity index (χ0) is 12.4. The summed E-state index contributed by atoms with van der Waals surface area (Å²) in [6.45, 7) is 4.97. The topological polar surface area (TPSA) is 34.4 Å². The van der Waals surface area contributed by atoms with Gasteiger partial charge in [0, 0.05) is 19.1 Å². The molecule has 3 heteroatoms. The van der Waals surface area contributed by atoms with Gasteiger partial charge in [-0.1, -0.05) is 6.92 Å². The number of hydrogen-bond donors (Lipinski definition) is 1. The van der Waals surface area contributed by atoms with Gasteiger partial charge in [0.05, 0.1) is 12.6 Å². The predicted octanol–water partition coefficient (Wildman–Crippen LogP) is 3.06. The Morgan fingerprint density at radius 2 is 2.22 bits per heavy atom. The van der Waals surface area contributed by atoms with E-state index in [-0.39, 0.29) is 0 Å². The maximum Gasteiger partial charge on any atom is 0.117 e. The molecule has 1 N–H and O–H groups in total. The number of furan rings is 1. The molecule has 3 unspecified atom stereocenters. The minimum atomic E-state index is 0.400. The lowest BCUT2D eigenvalue weighted by molar-refractivity contribution is 0.0165. The van der Waals surface area contributed by atoms with Gasteiger partial charge in [0.2, 0.25) is 0 Å². The average Bonchev–Trinajstić information content (AvgIpc) is 2.94. The molecule has 100 valence electrons. The van der Waals surface area contributed by atoms with E-state index in [1.807, 2.05) is 0 Å². The molecule has 1 saturated carbocycles. The molecule has 2 aliphatic rings. The lowest BCUT2D eigenvalue weighted by atomic mass is 10.1. The first-order valence-electron chi connectivity index (χ1n) is 7.24. The van der Waals surface area contributed by atoms with Crippen LogP contribution in [0, 0.1) is 5.92 Å². The molecule has 2 fully saturated rings. The summed E-state index contributed by atoms with van der Waals surface area (Å²) in [6, 6.07) is 4.25. The first-order chi connectivity index (χ1) is 8.83. The van der Waals surface area contributed by atoms with Gasteiger partial charge in [-0.15, -0.1) is 0 Å². The molecule has 1 aromatic rings. The molecule has 0 amide bonds. The maximum absolute atomic E-state index is 5.86. The summed E-state index contributed by atoms with van der Waals surface area (Å²) in [4.78, 5) is 0. The Morgan fingerprint density at radius 3 is 2.94 bits per heavy atom. The second kappa shape index (κ2) is 5.45. The van der Waals surface area contributed by atoms with E-state index in [0.29, 0.717) is 12.0 Å². The highest BCUT2D eigenvalue weighted by molar-refractivity contribution is 5.17. The van der Waals surface area contributed by atoms with Gasteiger partial charge in [-0.25, -0.2) is 0 Å². The molecule has 3 rings (SSSR count). The normalized spacial score (nSPS) is 31.5. The molecular formula is C15H23NO2. The Balaban J connectivity index is 1.41. The van der Waals surface area contributed by atoms with Gasteiger partial charge < -0.3 is 14.5 Å². The second-order valence-corrected chi connectivity index (χ2v) is 5.74. The molecule has 1 aromatic heterocycles. The first kappa shape index (κ1) is 12.2. The fourth-order valence-electron chi connectivity index (χ4n) is 2.73. The van der Waals surface area contributed by atoms with Gasteiger partial charge >= 0.3 is 0 Å². The van der Waals surface area contributed by atoms with Crippen molar-refractivity contribution in [2.24, 2.45) is 5.92 Å². The lowest BCUT2D eigenvalue weighted by Crippen LogP contribution is -2.31. The summed E-state index contributed by atoms with van der Waals surface area (Å²) in [6.07, 6.45) is 5.40. The number of ether oxygens (including phenoxy) is 1. The summed E-state index contributed by atoms with van der Waals surface area (Å²) < 4.78 is 11.6. The van der Waals surface area contributed by atoms with Crippen LogP contribution in [-0.4, -0.2) is 19.3 Å². The van der Waals surface area contributed by atoms with Crippen LogP contribution in [-0.2, 0) is 11.3 Å². The van der Waals surface area contributed by atoms with Crippen molar-refractivity contribution in [3.63, 3.8) is 0 Å². The van der Waals surface area contributed by atoms with Crippen LogP contribution in [0.1, 0.15) is 50.0 Å². The van der Waals surface area contributed by atoms with Crippen LogP contribution in [0.5, 0.6) is 0 Å². The highest BCUT2D eigenvalue weighted by Gasteiger charge is 2.36. The summed E-state index contributed by atoms with van der Waals surface area (Å²) in [5.74, 6) is 3.72. The van der Waals surface area contributed by atoms with E-state index in [4.69, 9.17) is 9.15 Å². The second-order valence-electron chi connectivity index (χ2n) is 5.74. The zero-order valence-corrected chi connectivity index (χ0v) is 11.2. The van der Waals surface area contributed by atoms with E-state index >= 15 is 0 Å². The molecule has 0 radical (unpaired) electrons. The number of nitrogens with one attached hydrogen (secondary N) is 1. The Bertz CT molecular complexity index is 382. The maximum atomic E-state index is 5.86. The minimum absolute atomic E-state index is 0.400. The van der Waals surface area contributed by atoms with Gasteiger partial charge in [0.15, 0.2) is 0 Å². The van der Waals surface area contributed by atoms with Crippen LogP contribution < -0.4 is 5.32 Å². The van der Waals surface area contributed by atoms with Crippen LogP contribution in [0.15, 0.2) is 16.5 Å². The Morgan fingerprint density at radius 1 is 1.33 bits per heavy atom. The fraction of sp³-hybridized carbons (Fsp3) is 0.733. The van der Waals surface area contributed by atoms with E-state index < -0.39 is 0 Å². The Kier molecular flexibility index (Phi) is 3.71. The van der Waals surface area contributed by atoms with Gasteiger partial charge in [-0.3, -0.25) is 0 Å². The average molecular weight is 249 g/mol. The molecule has 2 heterocycles. The third kappa shape index (κ3) is 2.96. The molecule has 0 aromatic carbocycles. The predicted molar refractivity (Wildman–Crippen MR) is 70.5 cm³/mol. The van der Waals surface area contributed by atoms with Crippen LogP contribution in [0.4, 0.5) is 0 Å². The van der Waals surface area contributed by atoms with Gasteiger partial charge in [0.25, 0.3) is 0 Å². The third-order valence-electron chi connectivity index (χ3n) is 4.10. The molecule has 3 nitrogen and oxygen atoms in total. The quantitative estimate of drug-likeness (QED) is 0.871. The molecule has 0 bridgehead atoms. The minimum Gasteiger partial charge on any atom is -0.464 e. The van der Waals surface area contributed by atoms with Crippen molar-refractivity contribution in [1.82, 2.24) is 5.32 Å². The van der Waals surface area contributed by atoms with E-state index in [2.05, 4.69) is 24.4 Å². The van der Waals surface area contributed by atoms with Crippen molar-refractivity contribution in [2.45, 2.75) is 51.2 Å². The largest absolute Gasteiger partial charge is 0.464 e. The molecule has 18 heavy (non-hydrogen) atoms. The third-order valence-corrected chi connectivity index (χ3v) is 4.10. The molecular weight excluding hydrogens is 226 g/mol. The van der Waals surface area contributed by atoms with Gasteiger partial charge in [-0.2, -0.15) is 0 Å². The standard InChI is InChI=1S/C15H23NO2/c1-11-8-14(11)15-6-5-13(18-15)10-16-9-12-4-2-3-7-17-12/h5-6,11-12,14,16H,2-4,7-10H2,1H3. The lowest BCUT2D eigenvalue weighted by Gasteiger charge is -2.22. The number of rotatable bonds is 5. The van der Waals surface area contributed by atoms with Gasteiger partial charge in [0.1, 0.15) is 11.5 Å². The molecule has 3 atom stereocenters. The molecule has 0 spiro atoms. The van der Waals surface area contributed by atoms with Crippen LogP contribution in [0.2, 0.25) is 0 Å². The SMILES string of the molecule is CC1CC1c1ccc(CNCC2CCCCO2)o1. The van der Waals surface area contributed by atoms with Crippen LogP contribution in [0.25, 0.3) is 0 Å². The van der Waals surface area contributed by atoms with Crippen molar-refractivity contribution >= 4 is 0 Å². The highest BCUT2D eigenvalue weighted by atomic mass is 16.5. The summed E-state index contributed by atoms with van der Waals surface area (Å²) in [5, 5.41) is 3.44. The Hall–Kier alpha value is -0.800. The highest BCUT2D eigenvalue weighted by Crippen LogP contribution is 2.47. The van der Waals surface area contributed by atoms with Crippen LogP contribution in [0.3, 0.4) is 0 Å². The van der Waals surface area contributed by atoms with Crippen molar-refractivity contribution in [1.29, 1.82) is 0 Å².